The Hall–Kier alpha value is -1.77. The van der Waals surface area contributed by atoms with Gasteiger partial charge in [-0.05, 0) is 30.4 Å². The third-order valence-electron chi connectivity index (χ3n) is 3.46. The van der Waals surface area contributed by atoms with Crippen LogP contribution in [0.4, 0.5) is 5.69 Å². The number of aryl methyl sites for hydroxylation is 1. The Morgan fingerprint density at radius 2 is 2.18 bits per heavy atom. The summed E-state index contributed by atoms with van der Waals surface area (Å²) in [5.74, 6) is 0. The summed E-state index contributed by atoms with van der Waals surface area (Å²) >= 11 is 0. The molecule has 1 heterocycles. The zero-order valence-electron chi connectivity index (χ0n) is 9.82. The first kappa shape index (κ1) is 10.4. The summed E-state index contributed by atoms with van der Waals surface area (Å²) in [4.78, 5) is 0. The first-order valence-corrected chi connectivity index (χ1v) is 6.26. The zero-order chi connectivity index (χ0) is 11.5. The second-order valence-electron chi connectivity index (χ2n) is 4.63. The van der Waals surface area contributed by atoms with Crippen LogP contribution in [-0.2, 0) is 6.42 Å². The van der Waals surface area contributed by atoms with Crippen LogP contribution in [0, 0.1) is 0 Å². The van der Waals surface area contributed by atoms with Crippen molar-refractivity contribution in [2.24, 2.45) is 0 Å². The number of H-pyrrole nitrogens is 1. The highest BCUT2D eigenvalue weighted by Crippen LogP contribution is 2.30. The fraction of sp³-hybridized carbons (Fsp3) is 0.357. The molecule has 3 rings (SSSR count). The van der Waals surface area contributed by atoms with E-state index in [0.717, 1.165) is 5.69 Å². The SMILES string of the molecule is c1ccc2c(c1)CCCCC2Nc1cn[nH]c1. The molecule has 0 bridgehead atoms. The standard InChI is InChI=1S/C14H17N3/c1-3-7-13-11(5-1)6-2-4-8-14(13)17-12-9-15-16-10-12/h1,3,5,7,9-10,14,17H,2,4,6,8H2,(H,15,16). The van der Waals surface area contributed by atoms with Crippen LogP contribution in [0.2, 0.25) is 0 Å². The van der Waals surface area contributed by atoms with Crippen molar-refractivity contribution >= 4 is 5.69 Å². The van der Waals surface area contributed by atoms with Crippen LogP contribution >= 0.6 is 0 Å². The minimum absolute atomic E-state index is 0.422. The van der Waals surface area contributed by atoms with E-state index in [-0.39, 0.29) is 0 Å². The van der Waals surface area contributed by atoms with E-state index < -0.39 is 0 Å². The van der Waals surface area contributed by atoms with Crippen molar-refractivity contribution in [3.8, 4) is 0 Å². The number of nitrogens with one attached hydrogen (secondary N) is 2. The molecule has 0 radical (unpaired) electrons. The minimum atomic E-state index is 0.422. The first-order valence-electron chi connectivity index (χ1n) is 6.26. The third kappa shape index (κ3) is 2.18. The lowest BCUT2D eigenvalue weighted by atomic mass is 9.99. The molecule has 0 amide bonds. The summed E-state index contributed by atoms with van der Waals surface area (Å²) in [6.07, 6.45) is 8.73. The molecular weight excluding hydrogens is 210 g/mol. The molecule has 88 valence electrons. The molecule has 1 aromatic carbocycles. The van der Waals surface area contributed by atoms with Gasteiger partial charge in [0, 0.05) is 6.20 Å². The minimum Gasteiger partial charge on any atom is -0.376 e. The van der Waals surface area contributed by atoms with Crippen LogP contribution in [0.15, 0.2) is 36.7 Å². The molecule has 1 aliphatic carbocycles. The van der Waals surface area contributed by atoms with Crippen molar-refractivity contribution in [3.63, 3.8) is 0 Å². The number of rotatable bonds is 2. The maximum atomic E-state index is 3.98. The van der Waals surface area contributed by atoms with Gasteiger partial charge in [0.25, 0.3) is 0 Å². The number of benzene rings is 1. The molecule has 0 spiro atoms. The number of nitrogens with zero attached hydrogens (tertiary/aromatic N) is 1. The van der Waals surface area contributed by atoms with E-state index in [1.807, 2.05) is 12.4 Å². The number of anilines is 1. The van der Waals surface area contributed by atoms with E-state index >= 15 is 0 Å². The Morgan fingerprint density at radius 3 is 3.06 bits per heavy atom. The van der Waals surface area contributed by atoms with Crippen LogP contribution in [-0.4, -0.2) is 10.2 Å². The van der Waals surface area contributed by atoms with Crippen LogP contribution in [0.3, 0.4) is 0 Å². The molecular formula is C14H17N3. The normalized spacial score (nSPS) is 19.4. The van der Waals surface area contributed by atoms with Crippen molar-refractivity contribution < 1.29 is 0 Å². The van der Waals surface area contributed by atoms with Gasteiger partial charge in [0.05, 0.1) is 17.9 Å². The van der Waals surface area contributed by atoms with Gasteiger partial charge in [0.2, 0.25) is 0 Å². The predicted molar refractivity (Wildman–Crippen MR) is 68.9 cm³/mol. The van der Waals surface area contributed by atoms with Gasteiger partial charge in [-0.1, -0.05) is 30.7 Å². The molecule has 0 saturated carbocycles. The van der Waals surface area contributed by atoms with Crippen molar-refractivity contribution in [2.45, 2.75) is 31.7 Å². The van der Waals surface area contributed by atoms with E-state index in [9.17, 15) is 0 Å². The molecule has 3 heteroatoms. The summed E-state index contributed by atoms with van der Waals surface area (Å²) in [5.41, 5.74) is 4.02. The van der Waals surface area contributed by atoms with Crippen LogP contribution in [0.5, 0.6) is 0 Å². The first-order chi connectivity index (χ1) is 8.43. The van der Waals surface area contributed by atoms with Crippen LogP contribution in [0.1, 0.15) is 36.4 Å². The Kier molecular flexibility index (Phi) is 2.82. The lowest BCUT2D eigenvalue weighted by Crippen LogP contribution is -2.10. The molecule has 0 saturated heterocycles. The maximum Gasteiger partial charge on any atom is 0.0728 e. The number of fused-ring (bicyclic) bond motifs is 1. The van der Waals surface area contributed by atoms with Gasteiger partial charge in [-0.3, -0.25) is 5.10 Å². The Labute approximate surface area is 101 Å². The molecule has 1 aliphatic rings. The highest BCUT2D eigenvalue weighted by Gasteiger charge is 2.17. The third-order valence-corrected chi connectivity index (χ3v) is 3.46. The van der Waals surface area contributed by atoms with Gasteiger partial charge >= 0.3 is 0 Å². The highest BCUT2D eigenvalue weighted by molar-refractivity contribution is 5.43. The Bertz CT molecular complexity index is 476. The molecule has 1 aromatic heterocycles. The van der Waals surface area contributed by atoms with Gasteiger partial charge in [-0.15, -0.1) is 0 Å². The van der Waals surface area contributed by atoms with Crippen molar-refractivity contribution in [1.29, 1.82) is 0 Å². The van der Waals surface area contributed by atoms with Crippen molar-refractivity contribution in [2.75, 3.05) is 5.32 Å². The summed E-state index contributed by atoms with van der Waals surface area (Å²) in [6.45, 7) is 0. The second kappa shape index (κ2) is 4.62. The van der Waals surface area contributed by atoms with Gasteiger partial charge in [0.1, 0.15) is 0 Å². The van der Waals surface area contributed by atoms with E-state index in [4.69, 9.17) is 0 Å². The van der Waals surface area contributed by atoms with Gasteiger partial charge in [-0.2, -0.15) is 5.10 Å². The predicted octanol–water partition coefficient (Wildman–Crippen LogP) is 3.29. The topological polar surface area (TPSA) is 40.7 Å². The second-order valence-corrected chi connectivity index (χ2v) is 4.63. The molecule has 1 atom stereocenters. The van der Waals surface area contributed by atoms with Gasteiger partial charge in [-0.25, -0.2) is 0 Å². The molecule has 1 unspecified atom stereocenters. The van der Waals surface area contributed by atoms with E-state index in [1.165, 1.54) is 36.8 Å². The number of aromatic amines is 1. The van der Waals surface area contributed by atoms with Crippen LogP contribution < -0.4 is 5.32 Å². The quantitative estimate of drug-likeness (QED) is 0.773. The lowest BCUT2D eigenvalue weighted by molar-refractivity contribution is 0.644. The number of hydrogen-bond acceptors (Lipinski definition) is 2. The van der Waals surface area contributed by atoms with Crippen LogP contribution in [0.25, 0.3) is 0 Å². The molecule has 0 fully saturated rings. The molecule has 3 nitrogen and oxygen atoms in total. The maximum absolute atomic E-state index is 3.98. The fourth-order valence-corrected chi connectivity index (χ4v) is 2.60. The number of aromatic nitrogens is 2. The van der Waals surface area contributed by atoms with E-state index in [0.29, 0.717) is 6.04 Å². The molecule has 2 aromatic rings. The van der Waals surface area contributed by atoms with Gasteiger partial charge < -0.3 is 5.32 Å². The molecule has 2 N–H and O–H groups in total. The van der Waals surface area contributed by atoms with Gasteiger partial charge in [0.15, 0.2) is 0 Å². The lowest BCUT2D eigenvalue weighted by Gasteiger charge is -2.19. The fourth-order valence-electron chi connectivity index (χ4n) is 2.60. The summed E-state index contributed by atoms with van der Waals surface area (Å²) < 4.78 is 0. The molecule has 0 aliphatic heterocycles. The number of hydrogen-bond donors (Lipinski definition) is 2. The summed E-state index contributed by atoms with van der Waals surface area (Å²) in [5, 5.41) is 10.4. The van der Waals surface area contributed by atoms with Crippen molar-refractivity contribution in [3.05, 3.63) is 47.8 Å². The molecule has 17 heavy (non-hydrogen) atoms. The Balaban J connectivity index is 1.89. The monoisotopic (exact) mass is 227 g/mol. The summed E-state index contributed by atoms with van der Waals surface area (Å²) in [6, 6.07) is 9.20. The average Bonchev–Trinajstić information content (AvgIpc) is 2.78. The Morgan fingerprint density at radius 1 is 1.24 bits per heavy atom. The summed E-state index contributed by atoms with van der Waals surface area (Å²) in [7, 11) is 0. The smallest absolute Gasteiger partial charge is 0.0728 e. The van der Waals surface area contributed by atoms with E-state index in [1.54, 1.807) is 0 Å². The largest absolute Gasteiger partial charge is 0.376 e. The zero-order valence-corrected chi connectivity index (χ0v) is 9.82. The highest BCUT2D eigenvalue weighted by atomic mass is 15.1. The average molecular weight is 227 g/mol. The van der Waals surface area contributed by atoms with E-state index in [2.05, 4.69) is 39.8 Å². The van der Waals surface area contributed by atoms with Crippen molar-refractivity contribution in [1.82, 2.24) is 10.2 Å².